The van der Waals surface area contributed by atoms with Gasteiger partial charge in [0.1, 0.15) is 46.1 Å². The molecule has 2 fully saturated rings. The second-order valence-electron chi connectivity index (χ2n) is 12.7. The van der Waals surface area contributed by atoms with Gasteiger partial charge in [-0.15, -0.1) is 0 Å². The van der Waals surface area contributed by atoms with E-state index in [0.717, 1.165) is 25.0 Å². The largest absolute Gasteiger partial charge is 0.494 e. The first kappa shape index (κ1) is 30.9. The van der Waals surface area contributed by atoms with Crippen molar-refractivity contribution in [2.75, 3.05) is 20.3 Å². The van der Waals surface area contributed by atoms with Crippen molar-refractivity contribution in [2.24, 2.45) is 11.7 Å². The van der Waals surface area contributed by atoms with Crippen LogP contribution in [0.5, 0.6) is 11.5 Å². The van der Waals surface area contributed by atoms with Crippen molar-refractivity contribution in [3.05, 3.63) is 70.8 Å². The molecule has 1 unspecified atom stereocenters. The number of alkyl halides is 3. The second kappa shape index (κ2) is 10.7. The summed E-state index contributed by atoms with van der Waals surface area (Å²) in [4.78, 5) is 30.6. The van der Waals surface area contributed by atoms with Crippen LogP contribution in [-0.4, -0.2) is 51.9 Å². The number of methoxy groups -OCH3 is 1. The molecule has 47 heavy (non-hydrogen) atoms. The van der Waals surface area contributed by atoms with Crippen molar-refractivity contribution in [3.63, 3.8) is 0 Å². The average Bonchev–Trinajstić information content (AvgIpc) is 3.98. The number of aliphatic hydroxyl groups is 1. The summed E-state index contributed by atoms with van der Waals surface area (Å²) in [6.07, 6.45) is 0.0163. The number of aromatic nitrogens is 3. The van der Waals surface area contributed by atoms with Gasteiger partial charge in [-0.1, -0.05) is 6.07 Å². The second-order valence-corrected chi connectivity index (χ2v) is 12.7. The van der Waals surface area contributed by atoms with E-state index < -0.39 is 51.9 Å². The maximum Gasteiger partial charge on any atom is 0.419 e. The molecular formula is C33H31F4N5O5. The highest BCUT2D eigenvalue weighted by Crippen LogP contribution is 2.50. The lowest BCUT2D eigenvalue weighted by Crippen LogP contribution is -2.44. The summed E-state index contributed by atoms with van der Waals surface area (Å²) in [5, 5.41) is 20.3. The third-order valence-electron chi connectivity index (χ3n) is 9.38. The summed E-state index contributed by atoms with van der Waals surface area (Å²) in [6.45, 7) is 0.878. The summed E-state index contributed by atoms with van der Waals surface area (Å²) >= 11 is 0. The van der Waals surface area contributed by atoms with E-state index in [1.165, 1.54) is 20.1 Å². The van der Waals surface area contributed by atoms with Gasteiger partial charge in [-0.05, 0) is 68.9 Å². The summed E-state index contributed by atoms with van der Waals surface area (Å²) < 4.78 is 69.6. The Morgan fingerprint density at radius 2 is 1.94 bits per heavy atom. The highest BCUT2D eigenvalue weighted by atomic mass is 19.4. The molecule has 2 aromatic carbocycles. The molecule has 2 atom stereocenters. The Balaban J connectivity index is 1.28. The number of pyridine rings is 1. The minimum atomic E-state index is -5.00. The fraction of sp³-hybridized carbons (Fsp3) is 0.394. The van der Waals surface area contributed by atoms with Crippen LogP contribution in [-0.2, 0) is 22.0 Å². The van der Waals surface area contributed by atoms with Gasteiger partial charge in [0.05, 0.1) is 31.0 Å². The first-order valence-corrected chi connectivity index (χ1v) is 15.2. The number of ether oxygens (including phenoxy) is 2. The van der Waals surface area contributed by atoms with E-state index in [1.54, 1.807) is 12.1 Å². The monoisotopic (exact) mass is 653 g/mol. The smallest absolute Gasteiger partial charge is 0.419 e. The minimum Gasteiger partial charge on any atom is -0.494 e. The van der Waals surface area contributed by atoms with Crippen LogP contribution in [0.2, 0.25) is 0 Å². The Kier molecular flexibility index (Phi) is 7.01. The van der Waals surface area contributed by atoms with Gasteiger partial charge in [-0.3, -0.25) is 14.3 Å². The maximum absolute atomic E-state index is 15.5. The van der Waals surface area contributed by atoms with E-state index in [1.807, 2.05) is 10.9 Å². The fourth-order valence-electron chi connectivity index (χ4n) is 6.18. The Morgan fingerprint density at radius 1 is 1.19 bits per heavy atom. The number of carbonyl (C=O) groups excluding carboxylic acids is 2. The van der Waals surface area contributed by atoms with Crippen LogP contribution in [0.3, 0.4) is 0 Å². The average molecular weight is 654 g/mol. The third-order valence-corrected chi connectivity index (χ3v) is 9.38. The number of fused-ring (bicyclic) bond motifs is 2. The first-order valence-electron chi connectivity index (χ1n) is 15.2. The highest BCUT2D eigenvalue weighted by Gasteiger charge is 2.50. The van der Waals surface area contributed by atoms with E-state index in [2.05, 4.69) is 15.4 Å². The van der Waals surface area contributed by atoms with Gasteiger partial charge in [0, 0.05) is 28.3 Å². The van der Waals surface area contributed by atoms with E-state index >= 15 is 4.39 Å². The van der Waals surface area contributed by atoms with Crippen molar-refractivity contribution in [1.29, 1.82) is 0 Å². The molecule has 1 aliphatic heterocycles. The van der Waals surface area contributed by atoms with E-state index in [-0.39, 0.29) is 41.4 Å². The van der Waals surface area contributed by atoms with Crippen LogP contribution in [0.25, 0.3) is 22.2 Å². The molecule has 3 aliphatic rings. The zero-order chi connectivity index (χ0) is 33.5. The molecule has 246 valence electrons. The number of primary amides is 1. The zero-order valence-corrected chi connectivity index (χ0v) is 25.4. The van der Waals surface area contributed by atoms with Crippen molar-refractivity contribution in [2.45, 2.75) is 55.8 Å². The highest BCUT2D eigenvalue weighted by molar-refractivity contribution is 6.00. The van der Waals surface area contributed by atoms with Crippen LogP contribution in [0.15, 0.2) is 42.6 Å². The van der Waals surface area contributed by atoms with Crippen LogP contribution < -0.4 is 20.5 Å². The lowest BCUT2D eigenvalue weighted by atomic mass is 9.81. The molecule has 4 N–H and O–H groups in total. The maximum atomic E-state index is 15.5. The topological polar surface area (TPSA) is 142 Å². The number of nitrogens with zero attached hydrogens (tertiary/aromatic N) is 3. The molecule has 0 spiro atoms. The van der Waals surface area contributed by atoms with Crippen molar-refractivity contribution < 1.29 is 41.7 Å². The van der Waals surface area contributed by atoms with Crippen LogP contribution in [0, 0.1) is 11.7 Å². The number of nitrogens with one attached hydrogen (secondary N) is 1. The molecule has 3 heterocycles. The van der Waals surface area contributed by atoms with Gasteiger partial charge in [0.25, 0.3) is 5.91 Å². The number of hydrogen-bond acceptors (Lipinski definition) is 7. The predicted molar refractivity (Wildman–Crippen MR) is 160 cm³/mol. The van der Waals surface area contributed by atoms with Crippen molar-refractivity contribution >= 4 is 22.7 Å². The molecule has 0 saturated heterocycles. The summed E-state index contributed by atoms with van der Waals surface area (Å²) in [5.41, 5.74) is 1.02. The summed E-state index contributed by atoms with van der Waals surface area (Å²) in [5.74, 6) is -3.00. The molecule has 2 saturated carbocycles. The van der Waals surface area contributed by atoms with Gasteiger partial charge in [0.15, 0.2) is 0 Å². The number of amides is 2. The number of hydrogen-bond donors (Lipinski definition) is 3. The molecule has 2 aliphatic carbocycles. The van der Waals surface area contributed by atoms with Gasteiger partial charge < -0.3 is 25.6 Å². The summed E-state index contributed by atoms with van der Waals surface area (Å²) in [7, 11) is 1.48. The predicted octanol–water partition coefficient (Wildman–Crippen LogP) is 4.76. The zero-order valence-electron chi connectivity index (χ0n) is 25.4. The molecule has 4 aromatic rings. The van der Waals surface area contributed by atoms with E-state index in [4.69, 9.17) is 15.2 Å². The van der Waals surface area contributed by atoms with Crippen molar-refractivity contribution in [3.8, 4) is 22.8 Å². The third kappa shape index (κ3) is 5.14. The molecule has 7 rings (SSSR count). The molecule has 0 radical (unpaired) electrons. The Labute approximate surface area is 265 Å². The molecule has 0 bridgehead atoms. The Hall–Kier alpha value is -4.72. The Morgan fingerprint density at radius 3 is 2.57 bits per heavy atom. The van der Waals surface area contributed by atoms with Crippen molar-refractivity contribution in [1.82, 2.24) is 20.1 Å². The van der Waals surface area contributed by atoms with Crippen LogP contribution >= 0.6 is 0 Å². The molecule has 10 nitrogen and oxygen atoms in total. The van der Waals surface area contributed by atoms with E-state index in [9.17, 15) is 27.9 Å². The molecular weight excluding hydrogens is 622 g/mol. The van der Waals surface area contributed by atoms with Crippen LogP contribution in [0.1, 0.15) is 65.8 Å². The first-order chi connectivity index (χ1) is 22.2. The number of rotatable bonds is 9. The lowest BCUT2D eigenvalue weighted by molar-refractivity contribution is -0.139. The number of nitrogens with two attached hydrogens (primary N) is 1. The number of halogens is 4. The van der Waals surface area contributed by atoms with Gasteiger partial charge in [0.2, 0.25) is 5.91 Å². The lowest BCUT2D eigenvalue weighted by Gasteiger charge is -2.30. The van der Waals surface area contributed by atoms with Gasteiger partial charge >= 0.3 is 6.18 Å². The number of carbonyl (C=O) groups is 2. The van der Waals surface area contributed by atoms with Crippen LogP contribution in [0.4, 0.5) is 17.6 Å². The quantitative estimate of drug-likeness (QED) is 0.221. The SMILES string of the molecule is COc1cc(C(=O)NCC(O)(c2cc3c(c(-c4cccc(C(F)(F)F)c4F)n2)OC[C@]3(C)C(N)=O)C2CC2)cc2cn(C3CC3)nc12. The number of benzene rings is 2. The minimum absolute atomic E-state index is 0.0671. The summed E-state index contributed by atoms with van der Waals surface area (Å²) in [6, 6.07) is 7.71. The van der Waals surface area contributed by atoms with Gasteiger partial charge in [-0.2, -0.15) is 18.3 Å². The van der Waals surface area contributed by atoms with E-state index in [0.29, 0.717) is 41.6 Å². The molecule has 14 heteroatoms. The standard InChI is InChI=1S/C33H31F4N5O5/c1-31(30(38)44)15-47-28-22(31)12-24(40-27(28)20-4-3-5-21(25(20)34)33(35,36)37)32(45,18-6-7-18)14-39-29(43)16-10-17-13-42(19-8-9-19)41-26(17)23(11-16)46-2/h3-5,10-13,18-19,45H,6-9,14-15H2,1-2H3,(H2,38,44)(H,39,43)/t31-,32?/m0/s1. The van der Waals surface area contributed by atoms with Gasteiger partial charge in [-0.25, -0.2) is 9.37 Å². The molecule has 2 amide bonds. The fourth-order valence-corrected chi connectivity index (χ4v) is 6.18. The normalized spacial score (nSPS) is 20.4. The Bertz CT molecular complexity index is 1950. The molecule has 2 aromatic heterocycles.